The second-order valence-electron chi connectivity index (χ2n) is 4.78. The molecule has 0 aliphatic heterocycles. The highest BCUT2D eigenvalue weighted by Crippen LogP contribution is 2.25. The molecule has 3 aromatic rings. The van der Waals surface area contributed by atoms with Crippen molar-refractivity contribution in [1.82, 2.24) is 9.97 Å². The van der Waals surface area contributed by atoms with Crippen LogP contribution in [0.15, 0.2) is 48.7 Å². The lowest BCUT2D eigenvalue weighted by atomic mass is 10.0. The van der Waals surface area contributed by atoms with E-state index < -0.39 is 5.97 Å². The molecule has 0 unspecified atom stereocenters. The average Bonchev–Trinajstić information content (AvgIpc) is 2.54. The number of fused-ring (bicyclic) bond motifs is 1. The first-order valence-electron chi connectivity index (χ1n) is 6.77. The van der Waals surface area contributed by atoms with Crippen LogP contribution in [-0.4, -0.2) is 21.0 Å². The molecule has 0 saturated heterocycles. The van der Waals surface area contributed by atoms with E-state index in [9.17, 15) is 9.90 Å². The molecule has 2 heterocycles. The first kappa shape index (κ1) is 13.2. The number of hydrogen-bond acceptors (Lipinski definition) is 3. The number of nitrogens with zero attached hydrogens (tertiary/aromatic N) is 2. The minimum absolute atomic E-state index is 0.260. The normalized spacial score (nSPS) is 10.7. The quantitative estimate of drug-likeness (QED) is 0.795. The molecular weight excluding hydrogens is 264 g/mol. The van der Waals surface area contributed by atoms with E-state index in [-0.39, 0.29) is 5.56 Å². The van der Waals surface area contributed by atoms with Crippen molar-refractivity contribution in [2.45, 2.75) is 13.3 Å². The van der Waals surface area contributed by atoms with E-state index in [1.165, 1.54) is 0 Å². The van der Waals surface area contributed by atoms with Crippen molar-refractivity contribution in [2.75, 3.05) is 0 Å². The summed E-state index contributed by atoms with van der Waals surface area (Å²) in [6.07, 6.45) is 2.53. The van der Waals surface area contributed by atoms with Gasteiger partial charge in [-0.15, -0.1) is 0 Å². The maximum Gasteiger partial charge on any atom is 0.336 e. The fraction of sp³-hybridized carbons (Fsp3) is 0.118. The topological polar surface area (TPSA) is 63.1 Å². The van der Waals surface area contributed by atoms with Crippen molar-refractivity contribution < 1.29 is 9.90 Å². The number of aryl methyl sites for hydroxylation is 1. The van der Waals surface area contributed by atoms with Crippen molar-refractivity contribution in [3.05, 3.63) is 59.8 Å². The van der Waals surface area contributed by atoms with Crippen molar-refractivity contribution in [3.63, 3.8) is 0 Å². The molecule has 0 atom stereocenters. The third-order valence-electron chi connectivity index (χ3n) is 3.44. The van der Waals surface area contributed by atoms with Gasteiger partial charge in [0.1, 0.15) is 0 Å². The highest BCUT2D eigenvalue weighted by atomic mass is 16.4. The average molecular weight is 278 g/mol. The number of carbonyl (C=O) groups is 1. The van der Waals surface area contributed by atoms with Crippen LogP contribution in [-0.2, 0) is 6.42 Å². The molecule has 0 radical (unpaired) electrons. The summed E-state index contributed by atoms with van der Waals surface area (Å²) in [5.74, 6) is -0.951. The Morgan fingerprint density at radius 1 is 1.14 bits per heavy atom. The zero-order valence-corrected chi connectivity index (χ0v) is 11.6. The van der Waals surface area contributed by atoms with Crippen LogP contribution >= 0.6 is 0 Å². The summed E-state index contributed by atoms with van der Waals surface area (Å²) < 4.78 is 0. The molecule has 4 nitrogen and oxygen atoms in total. The maximum absolute atomic E-state index is 11.5. The Hall–Kier alpha value is -2.75. The highest BCUT2D eigenvalue weighted by Gasteiger charge is 2.13. The molecule has 0 fully saturated rings. The summed E-state index contributed by atoms with van der Waals surface area (Å²) in [7, 11) is 0. The van der Waals surface area contributed by atoms with E-state index in [2.05, 4.69) is 9.97 Å². The number of aromatic carboxylic acids is 1. The second kappa shape index (κ2) is 5.32. The van der Waals surface area contributed by atoms with Crippen molar-refractivity contribution in [1.29, 1.82) is 0 Å². The van der Waals surface area contributed by atoms with Gasteiger partial charge in [-0.05, 0) is 42.3 Å². The van der Waals surface area contributed by atoms with Gasteiger partial charge in [-0.1, -0.05) is 19.1 Å². The lowest BCUT2D eigenvalue weighted by molar-refractivity contribution is 0.0699. The van der Waals surface area contributed by atoms with Crippen LogP contribution in [0.3, 0.4) is 0 Å². The van der Waals surface area contributed by atoms with Gasteiger partial charge in [0, 0.05) is 11.6 Å². The first-order valence-corrected chi connectivity index (χ1v) is 6.77. The van der Waals surface area contributed by atoms with E-state index in [0.29, 0.717) is 22.3 Å². The molecule has 1 aromatic carbocycles. The number of benzene rings is 1. The molecule has 0 amide bonds. The Balaban J connectivity index is 2.29. The molecule has 1 N–H and O–H groups in total. The van der Waals surface area contributed by atoms with Crippen LogP contribution in [0.2, 0.25) is 0 Å². The number of carboxylic acids is 1. The Bertz CT molecular complexity index is 814. The van der Waals surface area contributed by atoms with Gasteiger partial charge in [0.2, 0.25) is 0 Å². The third kappa shape index (κ3) is 2.48. The van der Waals surface area contributed by atoms with E-state index in [0.717, 1.165) is 12.0 Å². The zero-order chi connectivity index (χ0) is 14.8. The molecule has 4 heteroatoms. The number of hydrogen-bond donors (Lipinski definition) is 1. The van der Waals surface area contributed by atoms with Gasteiger partial charge in [-0.2, -0.15) is 0 Å². The predicted molar refractivity (Wildman–Crippen MR) is 81.3 cm³/mol. The van der Waals surface area contributed by atoms with Crippen LogP contribution in [0.5, 0.6) is 0 Å². The molecule has 0 aliphatic carbocycles. The van der Waals surface area contributed by atoms with E-state index in [1.54, 1.807) is 12.3 Å². The maximum atomic E-state index is 11.5. The molecule has 21 heavy (non-hydrogen) atoms. The number of rotatable bonds is 3. The lowest BCUT2D eigenvalue weighted by Crippen LogP contribution is -2.01. The monoisotopic (exact) mass is 278 g/mol. The molecule has 3 rings (SSSR count). The molecule has 2 aromatic heterocycles. The minimum atomic E-state index is -0.951. The standard InChI is InChI=1S/C17H14N2O2/c1-2-11-6-7-14-12(9-11)13(17(20)21)10-16(19-14)15-5-3-4-8-18-15/h3-10H,2H2,1H3,(H,20,21). The summed E-state index contributed by atoms with van der Waals surface area (Å²) >= 11 is 0. The van der Waals surface area contributed by atoms with Crippen LogP contribution < -0.4 is 0 Å². The molecule has 0 spiro atoms. The molecular formula is C17H14N2O2. The van der Waals surface area contributed by atoms with Gasteiger partial charge in [0.25, 0.3) is 0 Å². The number of aromatic nitrogens is 2. The minimum Gasteiger partial charge on any atom is -0.478 e. The summed E-state index contributed by atoms with van der Waals surface area (Å²) in [5, 5.41) is 10.1. The van der Waals surface area contributed by atoms with Crippen molar-refractivity contribution >= 4 is 16.9 Å². The van der Waals surface area contributed by atoms with Crippen LogP contribution in [0.4, 0.5) is 0 Å². The third-order valence-corrected chi connectivity index (χ3v) is 3.44. The largest absolute Gasteiger partial charge is 0.478 e. The summed E-state index contributed by atoms with van der Waals surface area (Å²) in [6, 6.07) is 12.8. The summed E-state index contributed by atoms with van der Waals surface area (Å²) in [4.78, 5) is 20.3. The van der Waals surface area contributed by atoms with E-state index >= 15 is 0 Å². The van der Waals surface area contributed by atoms with Crippen LogP contribution in [0.1, 0.15) is 22.8 Å². The van der Waals surface area contributed by atoms with Gasteiger partial charge in [0.15, 0.2) is 0 Å². The summed E-state index contributed by atoms with van der Waals surface area (Å²) in [6.45, 7) is 2.04. The van der Waals surface area contributed by atoms with Gasteiger partial charge in [-0.3, -0.25) is 4.98 Å². The van der Waals surface area contributed by atoms with E-state index in [1.807, 2.05) is 43.3 Å². The predicted octanol–water partition coefficient (Wildman–Crippen LogP) is 3.56. The van der Waals surface area contributed by atoms with Gasteiger partial charge in [0.05, 0.1) is 22.5 Å². The van der Waals surface area contributed by atoms with Crippen molar-refractivity contribution in [2.24, 2.45) is 0 Å². The van der Waals surface area contributed by atoms with Crippen LogP contribution in [0, 0.1) is 0 Å². The number of carboxylic acid groups (broad SMARTS) is 1. The molecule has 0 aliphatic rings. The fourth-order valence-electron chi connectivity index (χ4n) is 2.32. The SMILES string of the molecule is CCc1ccc2nc(-c3ccccn3)cc(C(=O)O)c2c1. The Labute approximate surface area is 122 Å². The Morgan fingerprint density at radius 2 is 2.00 bits per heavy atom. The summed E-state index contributed by atoms with van der Waals surface area (Å²) in [5.41, 5.74) is 3.27. The molecule has 0 saturated carbocycles. The second-order valence-corrected chi connectivity index (χ2v) is 4.78. The van der Waals surface area contributed by atoms with Gasteiger partial charge < -0.3 is 5.11 Å². The Morgan fingerprint density at radius 3 is 2.67 bits per heavy atom. The van der Waals surface area contributed by atoms with Gasteiger partial charge in [-0.25, -0.2) is 9.78 Å². The van der Waals surface area contributed by atoms with Crippen LogP contribution in [0.25, 0.3) is 22.3 Å². The lowest BCUT2D eigenvalue weighted by Gasteiger charge is -2.08. The van der Waals surface area contributed by atoms with Crippen molar-refractivity contribution in [3.8, 4) is 11.4 Å². The Kier molecular flexibility index (Phi) is 3.36. The highest BCUT2D eigenvalue weighted by molar-refractivity contribution is 6.03. The van der Waals surface area contributed by atoms with E-state index in [4.69, 9.17) is 0 Å². The molecule has 0 bridgehead atoms. The zero-order valence-electron chi connectivity index (χ0n) is 11.6. The first-order chi connectivity index (χ1) is 10.2. The fourth-order valence-corrected chi connectivity index (χ4v) is 2.32. The molecule has 104 valence electrons. The van der Waals surface area contributed by atoms with Gasteiger partial charge >= 0.3 is 5.97 Å². The smallest absolute Gasteiger partial charge is 0.336 e. The number of pyridine rings is 2.